The first kappa shape index (κ1) is 24.8. The second-order valence-electron chi connectivity index (χ2n) is 6.44. The molecule has 0 atom stereocenters. The molecule has 0 aliphatic rings. The standard InChI is InChI=1S/C20H23Cl2NO5S2/c1-3-8-23(30(26,27)19-7-4-15(21)12-17(19)22)9-10-29-16-5-6-18(14(2)11-16)28-13-20(24)25/h4-7,11-12H,3,8-10,13H2,1-2H3,(H,24,25). The van der Waals surface area contributed by atoms with Crippen LogP contribution in [0, 0.1) is 6.92 Å². The Labute approximate surface area is 191 Å². The van der Waals surface area contributed by atoms with E-state index in [-0.39, 0.29) is 9.92 Å². The molecule has 0 fully saturated rings. The molecule has 2 aromatic rings. The van der Waals surface area contributed by atoms with Gasteiger partial charge in [-0.25, -0.2) is 13.2 Å². The van der Waals surface area contributed by atoms with Gasteiger partial charge in [-0.15, -0.1) is 11.8 Å². The Kier molecular flexibility index (Phi) is 9.31. The number of rotatable bonds is 11. The Balaban J connectivity index is 2.06. The van der Waals surface area contributed by atoms with E-state index in [9.17, 15) is 13.2 Å². The number of carboxylic acids is 1. The van der Waals surface area contributed by atoms with Gasteiger partial charge in [-0.3, -0.25) is 0 Å². The van der Waals surface area contributed by atoms with Crippen molar-refractivity contribution in [3.63, 3.8) is 0 Å². The van der Waals surface area contributed by atoms with E-state index in [4.69, 9.17) is 33.0 Å². The molecule has 1 N–H and O–H groups in total. The first-order valence-corrected chi connectivity index (χ1v) is 12.4. The third kappa shape index (κ3) is 6.78. The van der Waals surface area contributed by atoms with Crippen LogP contribution in [0.15, 0.2) is 46.2 Å². The number of benzene rings is 2. The van der Waals surface area contributed by atoms with Crippen molar-refractivity contribution >= 4 is 51.0 Å². The number of carboxylic acid groups (broad SMARTS) is 1. The fraction of sp³-hybridized carbons (Fsp3) is 0.350. The molecule has 0 aliphatic heterocycles. The molecule has 0 saturated carbocycles. The van der Waals surface area contributed by atoms with Gasteiger partial charge >= 0.3 is 5.97 Å². The van der Waals surface area contributed by atoms with Gasteiger partial charge in [-0.1, -0.05) is 30.1 Å². The largest absolute Gasteiger partial charge is 0.482 e. The van der Waals surface area contributed by atoms with Crippen molar-refractivity contribution in [1.82, 2.24) is 4.31 Å². The molecule has 0 radical (unpaired) electrons. The van der Waals surface area contributed by atoms with Crippen molar-refractivity contribution in [3.8, 4) is 5.75 Å². The predicted molar refractivity (Wildman–Crippen MR) is 121 cm³/mol. The van der Waals surface area contributed by atoms with Crippen LogP contribution in [-0.2, 0) is 14.8 Å². The highest BCUT2D eigenvalue weighted by Crippen LogP contribution is 2.29. The number of carbonyl (C=O) groups is 1. The average Bonchev–Trinajstić information content (AvgIpc) is 2.66. The van der Waals surface area contributed by atoms with Gasteiger partial charge in [0.1, 0.15) is 10.6 Å². The summed E-state index contributed by atoms with van der Waals surface area (Å²) in [6.07, 6.45) is 0.670. The van der Waals surface area contributed by atoms with Crippen molar-refractivity contribution in [3.05, 3.63) is 52.0 Å². The minimum absolute atomic E-state index is 0.0443. The monoisotopic (exact) mass is 491 g/mol. The molecule has 0 aromatic heterocycles. The van der Waals surface area contributed by atoms with Crippen LogP contribution in [0.2, 0.25) is 10.0 Å². The molecule has 0 heterocycles. The molecule has 0 saturated heterocycles. The summed E-state index contributed by atoms with van der Waals surface area (Å²) in [6, 6.07) is 9.78. The van der Waals surface area contributed by atoms with E-state index in [1.807, 2.05) is 26.0 Å². The van der Waals surface area contributed by atoms with Crippen LogP contribution in [0.5, 0.6) is 5.75 Å². The van der Waals surface area contributed by atoms with E-state index in [0.717, 1.165) is 10.5 Å². The Hall–Kier alpha value is -1.45. The van der Waals surface area contributed by atoms with Gasteiger partial charge in [0, 0.05) is 28.8 Å². The number of sulfonamides is 1. The molecule has 164 valence electrons. The summed E-state index contributed by atoms with van der Waals surface area (Å²) < 4.78 is 32.7. The molecule has 2 aromatic carbocycles. The lowest BCUT2D eigenvalue weighted by Gasteiger charge is -2.22. The second kappa shape index (κ2) is 11.2. The summed E-state index contributed by atoms with van der Waals surface area (Å²) in [5.74, 6) is 0.0133. The summed E-state index contributed by atoms with van der Waals surface area (Å²) in [5.41, 5.74) is 0.812. The number of halogens is 2. The van der Waals surface area contributed by atoms with E-state index in [1.165, 1.54) is 34.3 Å². The minimum Gasteiger partial charge on any atom is -0.482 e. The summed E-state index contributed by atoms with van der Waals surface area (Å²) in [4.78, 5) is 11.6. The number of ether oxygens (including phenoxy) is 1. The lowest BCUT2D eigenvalue weighted by atomic mass is 10.2. The molecule has 0 spiro atoms. The van der Waals surface area contributed by atoms with Crippen LogP contribution >= 0.6 is 35.0 Å². The quantitative estimate of drug-likeness (QED) is 0.447. The zero-order chi connectivity index (χ0) is 22.3. The average molecular weight is 492 g/mol. The van der Waals surface area contributed by atoms with Gasteiger partial charge < -0.3 is 9.84 Å². The van der Waals surface area contributed by atoms with Crippen LogP contribution in [0.25, 0.3) is 0 Å². The van der Waals surface area contributed by atoms with Gasteiger partial charge in [-0.2, -0.15) is 4.31 Å². The van der Waals surface area contributed by atoms with Crippen LogP contribution in [0.1, 0.15) is 18.9 Å². The van der Waals surface area contributed by atoms with Crippen molar-refractivity contribution < 1.29 is 23.1 Å². The molecule has 0 unspecified atom stereocenters. The smallest absolute Gasteiger partial charge is 0.341 e. The van der Waals surface area contributed by atoms with Crippen molar-refractivity contribution in [1.29, 1.82) is 0 Å². The Bertz CT molecular complexity index is 999. The number of hydrogen-bond donors (Lipinski definition) is 1. The first-order chi connectivity index (χ1) is 14.1. The molecule has 0 aliphatic carbocycles. The van der Waals surface area contributed by atoms with Crippen LogP contribution in [-0.4, -0.2) is 49.2 Å². The van der Waals surface area contributed by atoms with E-state index in [2.05, 4.69) is 0 Å². The summed E-state index contributed by atoms with van der Waals surface area (Å²) in [6.45, 7) is 4.04. The van der Waals surface area contributed by atoms with Gasteiger partial charge in [0.15, 0.2) is 6.61 Å². The molecule has 0 bridgehead atoms. The van der Waals surface area contributed by atoms with Crippen LogP contribution in [0.3, 0.4) is 0 Å². The zero-order valence-corrected chi connectivity index (χ0v) is 19.7. The highest BCUT2D eigenvalue weighted by Gasteiger charge is 2.26. The van der Waals surface area contributed by atoms with Gasteiger partial charge in [0.05, 0.1) is 5.02 Å². The van der Waals surface area contributed by atoms with Crippen molar-refractivity contribution in [2.45, 2.75) is 30.1 Å². The number of aliphatic carboxylic acids is 1. The SMILES string of the molecule is CCCN(CCSc1ccc(OCC(=O)O)c(C)c1)S(=O)(=O)c1ccc(Cl)cc1Cl. The van der Waals surface area contributed by atoms with Gasteiger partial charge in [0.25, 0.3) is 0 Å². The Morgan fingerprint density at radius 3 is 2.50 bits per heavy atom. The zero-order valence-electron chi connectivity index (χ0n) is 16.6. The highest BCUT2D eigenvalue weighted by molar-refractivity contribution is 7.99. The van der Waals surface area contributed by atoms with Crippen molar-refractivity contribution in [2.75, 3.05) is 25.4 Å². The third-order valence-corrected chi connectivity index (χ3v) is 7.68. The van der Waals surface area contributed by atoms with Crippen LogP contribution < -0.4 is 4.74 Å². The number of aryl methyl sites for hydroxylation is 1. The fourth-order valence-electron chi connectivity index (χ4n) is 2.70. The van der Waals surface area contributed by atoms with Gasteiger partial charge in [-0.05, 0) is 55.3 Å². The minimum atomic E-state index is -3.74. The normalized spacial score (nSPS) is 11.6. The molecular weight excluding hydrogens is 469 g/mol. The summed E-state index contributed by atoms with van der Waals surface area (Å²) in [7, 11) is -3.74. The lowest BCUT2D eigenvalue weighted by molar-refractivity contribution is -0.139. The van der Waals surface area contributed by atoms with Gasteiger partial charge in [0.2, 0.25) is 10.0 Å². The molecule has 10 heteroatoms. The number of thioether (sulfide) groups is 1. The molecule has 6 nitrogen and oxygen atoms in total. The molecule has 2 rings (SSSR count). The predicted octanol–water partition coefficient (Wildman–Crippen LogP) is 4.96. The highest BCUT2D eigenvalue weighted by atomic mass is 35.5. The molecular formula is C20H23Cl2NO5S2. The van der Waals surface area contributed by atoms with Crippen molar-refractivity contribution in [2.24, 2.45) is 0 Å². The van der Waals surface area contributed by atoms with Crippen LogP contribution in [0.4, 0.5) is 0 Å². The maximum atomic E-state index is 13.0. The van der Waals surface area contributed by atoms with E-state index >= 15 is 0 Å². The maximum absolute atomic E-state index is 13.0. The fourth-order valence-corrected chi connectivity index (χ4v) is 6.07. The topological polar surface area (TPSA) is 83.9 Å². The van der Waals surface area contributed by atoms with E-state index in [1.54, 1.807) is 6.07 Å². The van der Waals surface area contributed by atoms with E-state index < -0.39 is 22.6 Å². The lowest BCUT2D eigenvalue weighted by Crippen LogP contribution is -2.34. The first-order valence-electron chi connectivity index (χ1n) is 9.18. The maximum Gasteiger partial charge on any atom is 0.341 e. The molecule has 0 amide bonds. The Morgan fingerprint density at radius 2 is 1.90 bits per heavy atom. The summed E-state index contributed by atoms with van der Waals surface area (Å²) in [5, 5.41) is 9.19. The Morgan fingerprint density at radius 1 is 1.17 bits per heavy atom. The number of nitrogens with zero attached hydrogens (tertiary/aromatic N) is 1. The third-order valence-electron chi connectivity index (χ3n) is 4.09. The summed E-state index contributed by atoms with van der Waals surface area (Å²) >= 11 is 13.5. The molecule has 30 heavy (non-hydrogen) atoms. The van der Waals surface area contributed by atoms with E-state index in [0.29, 0.717) is 36.0 Å². The number of hydrogen-bond acceptors (Lipinski definition) is 5. The second-order valence-corrected chi connectivity index (χ2v) is 10.4.